The van der Waals surface area contributed by atoms with Gasteiger partial charge in [-0.25, -0.2) is 13.9 Å². The van der Waals surface area contributed by atoms with E-state index in [1.165, 1.54) is 18.7 Å². The number of carbonyl (C=O) groups excluding carboxylic acids is 1. The van der Waals surface area contributed by atoms with Gasteiger partial charge in [0.15, 0.2) is 6.10 Å². The maximum atomic E-state index is 12.7. The smallest absolute Gasteiger partial charge is 0.339 e. The monoisotopic (exact) mass is 357 g/mol. The number of rotatable bonds is 8. The summed E-state index contributed by atoms with van der Waals surface area (Å²) in [6.45, 7) is 3.31. The first-order valence-corrected chi connectivity index (χ1v) is 9.53. The van der Waals surface area contributed by atoms with Gasteiger partial charge in [0.05, 0.1) is 26.3 Å². The van der Waals surface area contributed by atoms with E-state index in [0.29, 0.717) is 6.61 Å². The molecule has 1 heterocycles. The summed E-state index contributed by atoms with van der Waals surface area (Å²) in [6.07, 6.45) is 8.81. The zero-order valence-corrected chi connectivity index (χ0v) is 15.8. The van der Waals surface area contributed by atoms with Gasteiger partial charge in [0, 0.05) is 13.3 Å². The summed E-state index contributed by atoms with van der Waals surface area (Å²) in [5, 5.41) is 0. The largest absolute Gasteiger partial charge is 0.463 e. The molecule has 0 amide bonds. The van der Waals surface area contributed by atoms with Gasteiger partial charge in [0.1, 0.15) is 12.4 Å². The van der Waals surface area contributed by atoms with Crippen LogP contribution in [-0.2, 0) is 27.9 Å². The van der Waals surface area contributed by atoms with Crippen molar-refractivity contribution in [2.45, 2.75) is 57.8 Å². The summed E-state index contributed by atoms with van der Waals surface area (Å²) in [5.74, 6) is 0.904. The Kier molecular flexibility index (Phi) is 6.45. The minimum Gasteiger partial charge on any atom is -0.463 e. The molecule has 3 rings (SSSR count). The molecule has 0 N–H and O–H groups in total. The number of hydrogen-bond donors (Lipinski definition) is 0. The van der Waals surface area contributed by atoms with Gasteiger partial charge in [-0.1, -0.05) is 43.2 Å². The molecule has 1 aromatic carbocycles. The van der Waals surface area contributed by atoms with Gasteiger partial charge >= 0.3 is 5.97 Å². The Morgan fingerprint density at radius 3 is 2.65 bits per heavy atom. The van der Waals surface area contributed by atoms with Crippen molar-refractivity contribution in [1.29, 1.82) is 0 Å². The molecule has 5 heteroatoms. The van der Waals surface area contributed by atoms with E-state index < -0.39 is 6.10 Å². The van der Waals surface area contributed by atoms with Crippen LogP contribution in [0.1, 0.15) is 49.6 Å². The molecule has 26 heavy (non-hydrogen) atoms. The van der Waals surface area contributed by atoms with Crippen LogP contribution >= 0.6 is 0 Å². The van der Waals surface area contributed by atoms with Crippen molar-refractivity contribution in [2.75, 3.05) is 6.61 Å². The van der Waals surface area contributed by atoms with Gasteiger partial charge in [-0.3, -0.25) is 0 Å². The van der Waals surface area contributed by atoms with Gasteiger partial charge in [-0.05, 0) is 18.4 Å². The van der Waals surface area contributed by atoms with Crippen LogP contribution in [0.25, 0.3) is 0 Å². The Morgan fingerprint density at radius 2 is 2.00 bits per heavy atom. The third-order valence-electron chi connectivity index (χ3n) is 5.13. The van der Waals surface area contributed by atoms with Crippen molar-refractivity contribution in [3.8, 4) is 0 Å². The average molecular weight is 357 g/mol. The molecule has 0 aliphatic heterocycles. The number of aromatic nitrogens is 2. The van der Waals surface area contributed by atoms with Crippen LogP contribution in [0.5, 0.6) is 0 Å². The van der Waals surface area contributed by atoms with Crippen molar-refractivity contribution in [3.05, 3.63) is 54.1 Å². The molecule has 0 saturated heterocycles. The average Bonchev–Trinajstić information content (AvgIpc) is 3.28. The van der Waals surface area contributed by atoms with E-state index in [0.717, 1.165) is 31.4 Å². The van der Waals surface area contributed by atoms with Crippen LogP contribution in [0.15, 0.2) is 42.7 Å². The van der Waals surface area contributed by atoms with Gasteiger partial charge < -0.3 is 9.47 Å². The molecule has 1 aromatic heterocycles. The second-order valence-electron chi connectivity index (χ2n) is 7.00. The van der Waals surface area contributed by atoms with Crippen molar-refractivity contribution < 1.29 is 18.8 Å². The molecule has 0 spiro atoms. The number of aryl methyl sites for hydroxylation is 2. The quantitative estimate of drug-likeness (QED) is 0.414. The fourth-order valence-corrected chi connectivity index (χ4v) is 3.43. The van der Waals surface area contributed by atoms with E-state index in [4.69, 9.17) is 9.47 Å². The fraction of sp³-hybridized carbons (Fsp3) is 0.524. The van der Waals surface area contributed by atoms with Crippen molar-refractivity contribution >= 4 is 5.97 Å². The minimum atomic E-state index is -0.620. The Morgan fingerprint density at radius 1 is 1.27 bits per heavy atom. The van der Waals surface area contributed by atoms with Gasteiger partial charge in [0.2, 0.25) is 0 Å². The molecule has 1 aliphatic carbocycles. The van der Waals surface area contributed by atoms with E-state index in [1.807, 2.05) is 49.8 Å². The van der Waals surface area contributed by atoms with Gasteiger partial charge in [0.25, 0.3) is 5.82 Å². The number of hydrogen-bond acceptors (Lipinski definition) is 3. The first-order valence-electron chi connectivity index (χ1n) is 9.53. The number of esters is 1. The van der Waals surface area contributed by atoms with E-state index >= 15 is 0 Å². The summed E-state index contributed by atoms with van der Waals surface area (Å²) in [4.78, 5) is 12.7. The van der Waals surface area contributed by atoms with Crippen LogP contribution in [0.4, 0.5) is 0 Å². The van der Waals surface area contributed by atoms with Crippen LogP contribution < -0.4 is 4.57 Å². The van der Waals surface area contributed by atoms with E-state index in [1.54, 1.807) is 0 Å². The molecule has 1 aliphatic rings. The Labute approximate surface area is 155 Å². The van der Waals surface area contributed by atoms with Crippen LogP contribution in [0.3, 0.4) is 0 Å². The summed E-state index contributed by atoms with van der Waals surface area (Å²) >= 11 is 0. The molecule has 1 saturated carbocycles. The lowest BCUT2D eigenvalue weighted by atomic mass is 10.1. The summed E-state index contributed by atoms with van der Waals surface area (Å²) in [5.41, 5.74) is 0.873. The first-order chi connectivity index (χ1) is 12.6. The van der Waals surface area contributed by atoms with Crippen molar-refractivity contribution in [2.24, 2.45) is 7.05 Å². The highest BCUT2D eigenvalue weighted by Crippen LogP contribution is 2.28. The molecule has 1 atom stereocenters. The molecule has 2 aromatic rings. The van der Waals surface area contributed by atoms with E-state index in [2.05, 4.69) is 16.1 Å². The van der Waals surface area contributed by atoms with E-state index in [9.17, 15) is 4.79 Å². The second-order valence-corrected chi connectivity index (χ2v) is 7.00. The highest BCUT2D eigenvalue weighted by atomic mass is 16.6. The summed E-state index contributed by atoms with van der Waals surface area (Å²) in [6, 6.07) is 9.68. The van der Waals surface area contributed by atoms with Gasteiger partial charge in [-0.15, -0.1) is 0 Å². The summed E-state index contributed by atoms with van der Waals surface area (Å²) in [7, 11) is 2.02. The number of nitrogens with zero attached hydrogens (tertiary/aromatic N) is 2. The molecule has 0 bridgehead atoms. The van der Waals surface area contributed by atoms with Crippen molar-refractivity contribution in [1.82, 2.24) is 4.57 Å². The normalized spacial score (nSPS) is 15.9. The lowest BCUT2D eigenvalue weighted by molar-refractivity contribution is -0.677. The van der Waals surface area contributed by atoms with E-state index in [-0.39, 0.29) is 12.1 Å². The topological polar surface area (TPSA) is 44.3 Å². The number of carbonyl (C=O) groups is 1. The van der Waals surface area contributed by atoms with Gasteiger partial charge in [-0.2, -0.15) is 0 Å². The maximum absolute atomic E-state index is 12.7. The molecule has 1 fully saturated rings. The highest BCUT2D eigenvalue weighted by Gasteiger charge is 2.28. The van der Waals surface area contributed by atoms with Crippen LogP contribution in [0.2, 0.25) is 0 Å². The van der Waals surface area contributed by atoms with Crippen molar-refractivity contribution in [3.63, 3.8) is 0 Å². The number of ether oxygens (including phenoxy) is 2. The lowest BCUT2D eigenvalue weighted by Gasteiger charge is -2.21. The molecule has 1 unspecified atom stereocenters. The Bertz CT molecular complexity index is 705. The standard InChI is InChI=1S/C21H29N2O3/c1-17-22(2)14-15-23(17)13-8-16-25-21(24)20(18-9-4-3-5-10-18)26-19-11-6-7-12-19/h3-5,9-10,14-15,19-20H,6-8,11-13,16H2,1-2H3/q+1. The third kappa shape index (κ3) is 4.73. The highest BCUT2D eigenvalue weighted by molar-refractivity contribution is 5.76. The summed E-state index contributed by atoms with van der Waals surface area (Å²) < 4.78 is 15.9. The third-order valence-corrected chi connectivity index (χ3v) is 5.13. The maximum Gasteiger partial charge on any atom is 0.339 e. The molecular formula is C21H29N2O3+. The number of benzene rings is 1. The Hall–Kier alpha value is -2.14. The fourth-order valence-electron chi connectivity index (χ4n) is 3.43. The molecule has 5 nitrogen and oxygen atoms in total. The van der Waals surface area contributed by atoms with Crippen LogP contribution in [-0.4, -0.2) is 23.2 Å². The second kappa shape index (κ2) is 8.99. The molecule has 140 valence electrons. The predicted octanol–water partition coefficient (Wildman–Crippen LogP) is 3.25. The molecular weight excluding hydrogens is 328 g/mol. The zero-order valence-electron chi connectivity index (χ0n) is 15.8. The molecule has 0 radical (unpaired) electrons. The predicted molar refractivity (Wildman–Crippen MR) is 98.4 cm³/mol. The lowest BCUT2D eigenvalue weighted by Crippen LogP contribution is -2.29. The van der Waals surface area contributed by atoms with Crippen LogP contribution in [0, 0.1) is 6.92 Å². The Balaban J connectivity index is 1.54. The SMILES string of the molecule is Cc1n(CCCOC(=O)C(OC2CCCC2)c2ccccc2)cc[n+]1C. The number of imidazole rings is 1. The first kappa shape index (κ1) is 18.6. The zero-order chi connectivity index (χ0) is 18.4. The minimum absolute atomic E-state index is 0.162.